The average Bonchev–Trinajstić information content (AvgIpc) is 2.26. The molecule has 4 nitrogen and oxygen atoms in total. The number of nitrogens with zero attached hydrogens (tertiary/aromatic N) is 1. The Kier molecular flexibility index (Phi) is 6.20. The molecule has 0 bridgehead atoms. The van der Waals surface area contributed by atoms with E-state index in [0.29, 0.717) is 19.5 Å². The highest BCUT2D eigenvalue weighted by molar-refractivity contribution is 5.85. The lowest BCUT2D eigenvalue weighted by atomic mass is 10.0. The molecule has 0 aromatic rings. The van der Waals surface area contributed by atoms with Gasteiger partial charge < -0.3 is 14.7 Å². The summed E-state index contributed by atoms with van der Waals surface area (Å²) in [6.07, 6.45) is 2.24. The van der Waals surface area contributed by atoms with Gasteiger partial charge in [0.2, 0.25) is 0 Å². The SMILES string of the molecule is C=CCN(CCO)C(=O)C(C)(CC)OC. The number of carbonyl (C=O) groups excluding carboxylic acids is 1. The lowest BCUT2D eigenvalue weighted by molar-refractivity contribution is -0.153. The molecule has 0 saturated carbocycles. The van der Waals surface area contributed by atoms with Crippen molar-refractivity contribution in [3.63, 3.8) is 0 Å². The van der Waals surface area contributed by atoms with Crippen molar-refractivity contribution in [1.82, 2.24) is 4.90 Å². The molecule has 0 aliphatic carbocycles. The number of amides is 1. The number of aliphatic hydroxyl groups is 1. The van der Waals surface area contributed by atoms with Crippen LogP contribution in [-0.2, 0) is 9.53 Å². The van der Waals surface area contributed by atoms with E-state index in [0.717, 1.165) is 0 Å². The van der Waals surface area contributed by atoms with Crippen molar-refractivity contribution in [2.24, 2.45) is 0 Å². The molecule has 0 aliphatic heterocycles. The molecule has 88 valence electrons. The Hall–Kier alpha value is -0.870. The summed E-state index contributed by atoms with van der Waals surface area (Å²) in [4.78, 5) is 13.6. The van der Waals surface area contributed by atoms with Crippen molar-refractivity contribution in [3.05, 3.63) is 12.7 Å². The Morgan fingerprint density at radius 3 is 2.60 bits per heavy atom. The first-order valence-corrected chi connectivity index (χ1v) is 5.12. The molecule has 0 aromatic carbocycles. The van der Waals surface area contributed by atoms with E-state index in [1.807, 2.05) is 6.92 Å². The first kappa shape index (κ1) is 14.1. The summed E-state index contributed by atoms with van der Waals surface area (Å²) >= 11 is 0. The number of aliphatic hydroxyl groups excluding tert-OH is 1. The first-order chi connectivity index (χ1) is 7.05. The maximum absolute atomic E-state index is 12.0. The van der Waals surface area contributed by atoms with Crippen molar-refractivity contribution in [3.8, 4) is 0 Å². The summed E-state index contributed by atoms with van der Waals surface area (Å²) in [5, 5.41) is 8.85. The van der Waals surface area contributed by atoms with Gasteiger partial charge in [-0.15, -0.1) is 6.58 Å². The summed E-state index contributed by atoms with van der Waals surface area (Å²) in [5.41, 5.74) is -0.807. The predicted molar refractivity (Wildman–Crippen MR) is 59.6 cm³/mol. The van der Waals surface area contributed by atoms with Crippen LogP contribution in [0.15, 0.2) is 12.7 Å². The smallest absolute Gasteiger partial charge is 0.254 e. The molecule has 0 fully saturated rings. The minimum atomic E-state index is -0.807. The number of ether oxygens (including phenoxy) is 1. The molecule has 1 N–H and O–H groups in total. The molecule has 0 heterocycles. The molecule has 0 aromatic heterocycles. The summed E-state index contributed by atoms with van der Waals surface area (Å²) in [6.45, 7) is 7.92. The van der Waals surface area contributed by atoms with E-state index in [1.54, 1.807) is 17.9 Å². The number of hydrogen-bond acceptors (Lipinski definition) is 3. The van der Waals surface area contributed by atoms with Gasteiger partial charge in [-0.3, -0.25) is 4.79 Å². The third-order valence-electron chi connectivity index (χ3n) is 2.58. The van der Waals surface area contributed by atoms with Gasteiger partial charge in [-0.2, -0.15) is 0 Å². The van der Waals surface area contributed by atoms with Crippen molar-refractivity contribution in [2.45, 2.75) is 25.9 Å². The zero-order valence-corrected chi connectivity index (χ0v) is 9.82. The van der Waals surface area contributed by atoms with Gasteiger partial charge >= 0.3 is 0 Å². The second-order valence-corrected chi connectivity index (χ2v) is 3.55. The van der Waals surface area contributed by atoms with Crippen LogP contribution in [0.5, 0.6) is 0 Å². The molecule has 0 aliphatic rings. The normalized spacial score (nSPS) is 14.4. The van der Waals surface area contributed by atoms with E-state index >= 15 is 0 Å². The average molecular weight is 215 g/mol. The highest BCUT2D eigenvalue weighted by Gasteiger charge is 2.34. The molecule has 4 heteroatoms. The van der Waals surface area contributed by atoms with E-state index in [4.69, 9.17) is 9.84 Å². The van der Waals surface area contributed by atoms with E-state index < -0.39 is 5.60 Å². The van der Waals surface area contributed by atoms with E-state index in [9.17, 15) is 4.79 Å². The van der Waals surface area contributed by atoms with Crippen molar-refractivity contribution in [2.75, 3.05) is 26.8 Å². The summed E-state index contributed by atoms with van der Waals surface area (Å²) in [7, 11) is 1.52. The van der Waals surface area contributed by atoms with E-state index in [2.05, 4.69) is 6.58 Å². The summed E-state index contributed by atoms with van der Waals surface area (Å²) in [5.74, 6) is -0.110. The standard InChI is InChI=1S/C11H21NO3/c1-5-7-12(8-9-13)10(14)11(3,6-2)15-4/h5,13H,1,6-9H2,2-4H3. The Labute approximate surface area is 91.5 Å². The maximum Gasteiger partial charge on any atom is 0.254 e. The molecular formula is C11H21NO3. The van der Waals surface area contributed by atoms with Gasteiger partial charge in [0, 0.05) is 20.2 Å². The van der Waals surface area contributed by atoms with Gasteiger partial charge in [0.05, 0.1) is 6.61 Å². The monoisotopic (exact) mass is 215 g/mol. The quantitative estimate of drug-likeness (QED) is 0.639. The fraction of sp³-hybridized carbons (Fsp3) is 0.727. The van der Waals surface area contributed by atoms with Crippen LogP contribution < -0.4 is 0 Å². The highest BCUT2D eigenvalue weighted by atomic mass is 16.5. The molecule has 0 spiro atoms. The third kappa shape index (κ3) is 3.64. The lowest BCUT2D eigenvalue weighted by Crippen LogP contribution is -2.49. The van der Waals surface area contributed by atoms with Gasteiger partial charge in [0.25, 0.3) is 5.91 Å². The largest absolute Gasteiger partial charge is 0.395 e. The molecule has 0 saturated heterocycles. The molecule has 0 radical (unpaired) electrons. The first-order valence-electron chi connectivity index (χ1n) is 5.12. The lowest BCUT2D eigenvalue weighted by Gasteiger charge is -2.32. The minimum Gasteiger partial charge on any atom is -0.395 e. The maximum atomic E-state index is 12.0. The second-order valence-electron chi connectivity index (χ2n) is 3.55. The van der Waals surface area contributed by atoms with Crippen LogP contribution in [-0.4, -0.2) is 48.3 Å². The molecule has 0 rings (SSSR count). The fourth-order valence-electron chi connectivity index (χ4n) is 1.27. The van der Waals surface area contributed by atoms with Gasteiger partial charge in [0.15, 0.2) is 0 Å². The Balaban J connectivity index is 4.66. The Bertz CT molecular complexity index is 212. The van der Waals surface area contributed by atoms with Crippen LogP contribution in [0.4, 0.5) is 0 Å². The van der Waals surface area contributed by atoms with Crippen LogP contribution in [0.2, 0.25) is 0 Å². The van der Waals surface area contributed by atoms with Crippen molar-refractivity contribution in [1.29, 1.82) is 0 Å². The number of rotatable bonds is 7. The number of hydrogen-bond donors (Lipinski definition) is 1. The van der Waals surface area contributed by atoms with Crippen LogP contribution in [0.1, 0.15) is 20.3 Å². The molecule has 15 heavy (non-hydrogen) atoms. The van der Waals surface area contributed by atoms with Crippen LogP contribution in [0.25, 0.3) is 0 Å². The predicted octanol–water partition coefficient (Wildman–Crippen LogP) is 0.808. The number of methoxy groups -OCH3 is 1. The van der Waals surface area contributed by atoms with Gasteiger partial charge in [-0.05, 0) is 13.3 Å². The Morgan fingerprint density at radius 2 is 2.27 bits per heavy atom. The van der Waals surface area contributed by atoms with Crippen LogP contribution in [0.3, 0.4) is 0 Å². The topological polar surface area (TPSA) is 49.8 Å². The summed E-state index contributed by atoms with van der Waals surface area (Å²) < 4.78 is 5.22. The van der Waals surface area contributed by atoms with Crippen molar-refractivity contribution < 1.29 is 14.6 Å². The molecular weight excluding hydrogens is 194 g/mol. The van der Waals surface area contributed by atoms with E-state index in [-0.39, 0.29) is 12.5 Å². The van der Waals surface area contributed by atoms with Crippen LogP contribution in [0, 0.1) is 0 Å². The molecule has 1 unspecified atom stereocenters. The van der Waals surface area contributed by atoms with Crippen LogP contribution >= 0.6 is 0 Å². The van der Waals surface area contributed by atoms with Gasteiger partial charge in [0.1, 0.15) is 5.60 Å². The van der Waals surface area contributed by atoms with Gasteiger partial charge in [-0.1, -0.05) is 13.0 Å². The minimum absolute atomic E-state index is 0.0525. The molecule has 1 atom stereocenters. The zero-order valence-electron chi connectivity index (χ0n) is 9.82. The fourth-order valence-corrected chi connectivity index (χ4v) is 1.27. The highest BCUT2D eigenvalue weighted by Crippen LogP contribution is 2.17. The summed E-state index contributed by atoms with van der Waals surface area (Å²) in [6, 6.07) is 0. The Morgan fingerprint density at radius 1 is 1.67 bits per heavy atom. The second kappa shape index (κ2) is 6.58. The van der Waals surface area contributed by atoms with E-state index in [1.165, 1.54) is 7.11 Å². The van der Waals surface area contributed by atoms with Crippen molar-refractivity contribution >= 4 is 5.91 Å². The van der Waals surface area contributed by atoms with Gasteiger partial charge in [-0.25, -0.2) is 0 Å². The molecule has 1 amide bonds. The zero-order chi connectivity index (χ0) is 11.9. The third-order valence-corrected chi connectivity index (χ3v) is 2.58. The number of carbonyl (C=O) groups is 1.